The first kappa shape index (κ1) is 20.8. The molecule has 1 amide bonds. The van der Waals surface area contributed by atoms with E-state index in [2.05, 4.69) is 36.6 Å². The standard InChI is InChI=1S/C23H32N2O2/c1-5-6-7-8-12-27-21-11-9-10-20(15-21)24-16-22(26)25-23-18(3)13-17(2)14-19(23)4/h9-11,13-15,24H,5-8,12,16H2,1-4H3,(H,25,26). The lowest BCUT2D eigenvalue weighted by Crippen LogP contribution is -2.22. The zero-order valence-corrected chi connectivity index (χ0v) is 17.0. The van der Waals surface area contributed by atoms with E-state index in [9.17, 15) is 4.79 Å². The lowest BCUT2D eigenvalue weighted by Gasteiger charge is -2.14. The third-order valence-electron chi connectivity index (χ3n) is 4.50. The Labute approximate surface area is 163 Å². The Balaban J connectivity index is 1.84. The number of hydrogen-bond donors (Lipinski definition) is 2. The first-order valence-electron chi connectivity index (χ1n) is 9.84. The smallest absolute Gasteiger partial charge is 0.243 e. The summed E-state index contributed by atoms with van der Waals surface area (Å²) in [5.74, 6) is 0.776. The van der Waals surface area contributed by atoms with Crippen LogP contribution in [0, 0.1) is 20.8 Å². The van der Waals surface area contributed by atoms with Gasteiger partial charge < -0.3 is 15.4 Å². The van der Waals surface area contributed by atoms with Gasteiger partial charge in [0.15, 0.2) is 0 Å². The Bertz CT molecular complexity index is 733. The minimum absolute atomic E-state index is 0.0593. The minimum Gasteiger partial charge on any atom is -0.494 e. The monoisotopic (exact) mass is 368 g/mol. The molecule has 146 valence electrons. The van der Waals surface area contributed by atoms with Gasteiger partial charge in [-0.25, -0.2) is 0 Å². The number of hydrogen-bond acceptors (Lipinski definition) is 3. The lowest BCUT2D eigenvalue weighted by atomic mass is 10.1. The van der Waals surface area contributed by atoms with Gasteiger partial charge in [0.05, 0.1) is 13.2 Å². The van der Waals surface area contributed by atoms with Crippen LogP contribution in [-0.2, 0) is 4.79 Å². The van der Waals surface area contributed by atoms with Crippen LogP contribution in [0.2, 0.25) is 0 Å². The summed E-state index contributed by atoms with van der Waals surface area (Å²) in [5, 5.41) is 6.19. The molecule has 4 nitrogen and oxygen atoms in total. The Morgan fingerprint density at radius 2 is 1.74 bits per heavy atom. The van der Waals surface area contributed by atoms with Gasteiger partial charge in [0.1, 0.15) is 5.75 Å². The molecule has 0 aliphatic carbocycles. The summed E-state index contributed by atoms with van der Waals surface area (Å²) in [6.07, 6.45) is 4.75. The lowest BCUT2D eigenvalue weighted by molar-refractivity contribution is -0.114. The second-order valence-corrected chi connectivity index (χ2v) is 7.11. The first-order chi connectivity index (χ1) is 13.0. The second kappa shape index (κ2) is 10.6. The van der Waals surface area contributed by atoms with Crippen molar-refractivity contribution in [3.05, 3.63) is 53.1 Å². The van der Waals surface area contributed by atoms with Gasteiger partial charge in [0.2, 0.25) is 5.91 Å². The maximum absolute atomic E-state index is 12.3. The largest absolute Gasteiger partial charge is 0.494 e. The Morgan fingerprint density at radius 3 is 2.44 bits per heavy atom. The summed E-state index contributed by atoms with van der Waals surface area (Å²) in [7, 11) is 0. The van der Waals surface area contributed by atoms with Crippen LogP contribution in [0.5, 0.6) is 5.75 Å². The molecule has 0 aliphatic rings. The average Bonchev–Trinajstić information content (AvgIpc) is 2.63. The van der Waals surface area contributed by atoms with Gasteiger partial charge in [0, 0.05) is 17.4 Å². The maximum atomic E-state index is 12.3. The van der Waals surface area contributed by atoms with Crippen LogP contribution in [0.1, 0.15) is 49.3 Å². The summed E-state index contributed by atoms with van der Waals surface area (Å²) in [5.41, 5.74) is 5.15. The fraction of sp³-hybridized carbons (Fsp3) is 0.435. The fourth-order valence-corrected chi connectivity index (χ4v) is 3.16. The zero-order valence-electron chi connectivity index (χ0n) is 17.0. The van der Waals surface area contributed by atoms with E-state index in [1.54, 1.807) is 0 Å². The number of aryl methyl sites for hydroxylation is 3. The van der Waals surface area contributed by atoms with E-state index in [1.807, 2.05) is 38.1 Å². The van der Waals surface area contributed by atoms with Crippen LogP contribution >= 0.6 is 0 Å². The number of carbonyl (C=O) groups excluding carboxylic acids is 1. The summed E-state index contributed by atoms with van der Waals surface area (Å²) in [6, 6.07) is 11.9. The zero-order chi connectivity index (χ0) is 19.6. The van der Waals surface area contributed by atoms with Crippen LogP contribution in [0.3, 0.4) is 0 Å². The van der Waals surface area contributed by atoms with Gasteiger partial charge >= 0.3 is 0 Å². The number of unbranched alkanes of at least 4 members (excludes halogenated alkanes) is 3. The highest BCUT2D eigenvalue weighted by Gasteiger charge is 2.08. The number of ether oxygens (including phenoxy) is 1. The molecule has 0 atom stereocenters. The van der Waals surface area contributed by atoms with Gasteiger partial charge in [-0.1, -0.05) is 49.9 Å². The van der Waals surface area contributed by atoms with E-state index in [0.29, 0.717) is 0 Å². The molecule has 0 unspecified atom stereocenters. The molecular weight excluding hydrogens is 336 g/mol. The third kappa shape index (κ3) is 6.97. The molecule has 27 heavy (non-hydrogen) atoms. The summed E-state index contributed by atoms with van der Waals surface area (Å²) in [4.78, 5) is 12.3. The highest BCUT2D eigenvalue weighted by Crippen LogP contribution is 2.22. The van der Waals surface area contributed by atoms with Crippen LogP contribution < -0.4 is 15.4 Å². The molecule has 0 aliphatic heterocycles. The van der Waals surface area contributed by atoms with E-state index in [1.165, 1.54) is 24.8 Å². The molecule has 2 N–H and O–H groups in total. The molecule has 2 rings (SSSR count). The van der Waals surface area contributed by atoms with Gasteiger partial charge in [-0.05, 0) is 50.5 Å². The van der Waals surface area contributed by atoms with E-state index < -0.39 is 0 Å². The van der Waals surface area contributed by atoms with Crippen LogP contribution in [0.4, 0.5) is 11.4 Å². The molecule has 0 bridgehead atoms. The van der Waals surface area contributed by atoms with Gasteiger partial charge in [0.25, 0.3) is 0 Å². The molecule has 0 aromatic heterocycles. The number of carbonyl (C=O) groups is 1. The third-order valence-corrected chi connectivity index (χ3v) is 4.50. The van der Waals surface area contributed by atoms with Crippen molar-refractivity contribution in [2.24, 2.45) is 0 Å². The number of nitrogens with one attached hydrogen (secondary N) is 2. The quantitative estimate of drug-likeness (QED) is 0.535. The van der Waals surface area contributed by atoms with Crippen molar-refractivity contribution >= 4 is 17.3 Å². The molecule has 0 radical (unpaired) electrons. The molecule has 0 spiro atoms. The summed E-state index contributed by atoms with van der Waals surface area (Å²) < 4.78 is 5.80. The van der Waals surface area contributed by atoms with Crippen molar-refractivity contribution in [2.75, 3.05) is 23.8 Å². The molecule has 0 saturated heterocycles. The van der Waals surface area contributed by atoms with E-state index in [0.717, 1.165) is 41.3 Å². The fourth-order valence-electron chi connectivity index (χ4n) is 3.16. The van der Waals surface area contributed by atoms with Crippen LogP contribution in [-0.4, -0.2) is 19.1 Å². The van der Waals surface area contributed by atoms with Crippen molar-refractivity contribution in [1.82, 2.24) is 0 Å². The highest BCUT2D eigenvalue weighted by atomic mass is 16.5. The van der Waals surface area contributed by atoms with Crippen molar-refractivity contribution in [3.63, 3.8) is 0 Å². The maximum Gasteiger partial charge on any atom is 0.243 e. The van der Waals surface area contributed by atoms with Gasteiger partial charge in [-0.3, -0.25) is 4.79 Å². The predicted octanol–water partition coefficient (Wildman–Crippen LogP) is 5.62. The van der Waals surface area contributed by atoms with Gasteiger partial charge in [-0.15, -0.1) is 0 Å². The number of amides is 1. The second-order valence-electron chi connectivity index (χ2n) is 7.11. The molecular formula is C23H32N2O2. The molecule has 4 heteroatoms. The Hall–Kier alpha value is -2.49. The normalized spacial score (nSPS) is 10.5. The van der Waals surface area contributed by atoms with E-state index >= 15 is 0 Å². The van der Waals surface area contributed by atoms with Crippen molar-refractivity contribution in [2.45, 2.75) is 53.4 Å². The number of rotatable bonds is 10. The molecule has 0 fully saturated rings. The van der Waals surface area contributed by atoms with Crippen molar-refractivity contribution < 1.29 is 9.53 Å². The highest BCUT2D eigenvalue weighted by molar-refractivity contribution is 5.95. The van der Waals surface area contributed by atoms with Crippen molar-refractivity contribution in [1.29, 1.82) is 0 Å². The predicted molar refractivity (Wildman–Crippen MR) is 114 cm³/mol. The Kier molecular flexibility index (Phi) is 8.18. The molecule has 0 heterocycles. The van der Waals surface area contributed by atoms with Crippen LogP contribution in [0.25, 0.3) is 0 Å². The van der Waals surface area contributed by atoms with E-state index in [4.69, 9.17) is 4.74 Å². The Morgan fingerprint density at radius 1 is 1.00 bits per heavy atom. The SMILES string of the molecule is CCCCCCOc1cccc(NCC(=O)Nc2c(C)cc(C)cc2C)c1. The number of benzene rings is 2. The van der Waals surface area contributed by atoms with Crippen molar-refractivity contribution in [3.8, 4) is 5.75 Å². The topological polar surface area (TPSA) is 50.4 Å². The van der Waals surface area contributed by atoms with Crippen LogP contribution in [0.15, 0.2) is 36.4 Å². The first-order valence-corrected chi connectivity index (χ1v) is 9.84. The number of anilines is 2. The summed E-state index contributed by atoms with van der Waals surface area (Å²) in [6.45, 7) is 9.25. The molecule has 2 aromatic rings. The van der Waals surface area contributed by atoms with E-state index in [-0.39, 0.29) is 12.5 Å². The molecule has 0 saturated carbocycles. The minimum atomic E-state index is -0.0593. The molecule has 2 aromatic carbocycles. The summed E-state index contributed by atoms with van der Waals surface area (Å²) >= 11 is 0. The van der Waals surface area contributed by atoms with Gasteiger partial charge in [-0.2, -0.15) is 0 Å². The average molecular weight is 369 g/mol.